The van der Waals surface area contributed by atoms with Crippen molar-refractivity contribution in [2.45, 2.75) is 105 Å². The van der Waals surface area contributed by atoms with Crippen LogP contribution in [0.2, 0.25) is 0 Å². The lowest BCUT2D eigenvalue weighted by atomic mass is 9.83. The van der Waals surface area contributed by atoms with Crippen molar-refractivity contribution >= 4 is 51.2 Å². The highest BCUT2D eigenvalue weighted by molar-refractivity contribution is 8.76. The number of carbonyl (C=O) groups excluding carboxylic acids is 5. The van der Waals surface area contributed by atoms with Gasteiger partial charge >= 0.3 is 12.1 Å². The number of ether oxygens (including phenoxy) is 2. The van der Waals surface area contributed by atoms with Gasteiger partial charge in [-0.3, -0.25) is 14.4 Å². The van der Waals surface area contributed by atoms with E-state index in [1.165, 1.54) is 6.08 Å². The molecule has 0 aromatic heterocycles. The molecule has 1 aliphatic heterocycles. The van der Waals surface area contributed by atoms with Crippen molar-refractivity contribution in [2.75, 3.05) is 25.1 Å². The number of alkyl carbamates (subject to hydrolysis) is 1. The normalized spacial score (nSPS) is 17.3. The summed E-state index contributed by atoms with van der Waals surface area (Å²) in [6.07, 6.45) is 21.6. The molecular weight excluding hydrogens is 687 g/mol. The summed E-state index contributed by atoms with van der Waals surface area (Å²) in [5.41, 5.74) is 1.09. The Balaban J connectivity index is 2.60. The average molecular weight is 746 g/mol. The third kappa shape index (κ3) is 20.8. The van der Waals surface area contributed by atoms with E-state index in [1.807, 2.05) is 84.3 Å². The third-order valence-electron chi connectivity index (χ3n) is 7.81. The number of nitrogens with one attached hydrogen (secondary N) is 3. The Labute approximate surface area is 313 Å². The standard InChI is InChI=1S/C39H59N3O7S2/c1-9-10-17-31(48-38(47)41-25-15-24-40-34(44)23-26-51-50-8)18-12-13-19-32(43)36(39(5,6)7)42-35(45)20-14-11-16-28(2)27-30(4)33-22-21-29(3)37(46)49-33/h9-14,16,20-21,27,30-31,33,36H,15,17-19,22-26H2,1-8H3,(H,40,44)(H,41,47)(H,42,45)/b10-9-,13-12-,16-11-,20-14-,28-27+/t30-,31-,33-,36+/m0/s1. The zero-order valence-corrected chi connectivity index (χ0v) is 33.3. The number of ketones is 1. The van der Waals surface area contributed by atoms with Gasteiger partial charge in [-0.15, -0.1) is 0 Å². The van der Waals surface area contributed by atoms with Gasteiger partial charge in [-0.05, 0) is 38.9 Å². The number of hydrogen-bond donors (Lipinski definition) is 3. The molecule has 10 nitrogen and oxygen atoms in total. The molecular formula is C39H59N3O7S2. The van der Waals surface area contributed by atoms with Crippen LogP contribution in [0.4, 0.5) is 4.79 Å². The van der Waals surface area contributed by atoms with Gasteiger partial charge in [0, 0.05) is 68.5 Å². The fourth-order valence-electron chi connectivity index (χ4n) is 4.93. The van der Waals surface area contributed by atoms with Gasteiger partial charge in [-0.2, -0.15) is 0 Å². The fourth-order valence-corrected chi connectivity index (χ4v) is 6.11. The molecule has 4 atom stereocenters. The molecule has 1 aliphatic rings. The Morgan fingerprint density at radius 3 is 2.41 bits per heavy atom. The zero-order chi connectivity index (χ0) is 38.2. The van der Waals surface area contributed by atoms with E-state index in [1.54, 1.807) is 46.7 Å². The van der Waals surface area contributed by atoms with Crippen LogP contribution in [-0.2, 0) is 28.7 Å². The van der Waals surface area contributed by atoms with E-state index in [0.717, 1.165) is 11.3 Å². The van der Waals surface area contributed by atoms with Gasteiger partial charge in [0.15, 0.2) is 5.78 Å². The van der Waals surface area contributed by atoms with Crippen molar-refractivity contribution in [3.05, 3.63) is 71.9 Å². The van der Waals surface area contributed by atoms with Gasteiger partial charge < -0.3 is 25.4 Å². The lowest BCUT2D eigenvalue weighted by Gasteiger charge is -2.29. The largest absolute Gasteiger partial charge is 0.458 e. The van der Waals surface area contributed by atoms with Crippen LogP contribution in [0, 0.1) is 11.3 Å². The summed E-state index contributed by atoms with van der Waals surface area (Å²) in [6.45, 7) is 14.1. The molecule has 0 saturated carbocycles. The van der Waals surface area contributed by atoms with Crippen LogP contribution in [-0.4, -0.2) is 73.0 Å². The van der Waals surface area contributed by atoms with Gasteiger partial charge in [0.05, 0.1) is 6.04 Å². The fraction of sp³-hybridized carbons (Fsp3) is 0.564. The van der Waals surface area contributed by atoms with Crippen LogP contribution in [0.5, 0.6) is 0 Å². The number of hydrogen-bond acceptors (Lipinski definition) is 9. The topological polar surface area (TPSA) is 140 Å². The zero-order valence-electron chi connectivity index (χ0n) is 31.6. The molecule has 0 bridgehead atoms. The Morgan fingerprint density at radius 1 is 1.06 bits per heavy atom. The van der Waals surface area contributed by atoms with Crippen LogP contribution < -0.4 is 16.0 Å². The summed E-state index contributed by atoms with van der Waals surface area (Å²) in [5, 5.41) is 8.43. The number of esters is 1. The van der Waals surface area contributed by atoms with Gasteiger partial charge in [-0.1, -0.05) is 110 Å². The summed E-state index contributed by atoms with van der Waals surface area (Å²) >= 11 is 0. The number of allylic oxidation sites excluding steroid dienone is 6. The average Bonchev–Trinajstić information content (AvgIpc) is 3.06. The maximum absolute atomic E-state index is 13.2. The van der Waals surface area contributed by atoms with Crippen molar-refractivity contribution in [3.8, 4) is 0 Å². The van der Waals surface area contributed by atoms with Crippen LogP contribution in [0.25, 0.3) is 0 Å². The summed E-state index contributed by atoms with van der Waals surface area (Å²) in [4.78, 5) is 62.0. The van der Waals surface area contributed by atoms with Crippen LogP contribution in [0.1, 0.15) is 87.0 Å². The van der Waals surface area contributed by atoms with E-state index in [2.05, 4.69) is 16.0 Å². The molecule has 12 heteroatoms. The third-order valence-corrected chi connectivity index (χ3v) is 9.62. The van der Waals surface area contributed by atoms with Crippen molar-refractivity contribution in [1.29, 1.82) is 0 Å². The number of rotatable bonds is 22. The molecule has 284 valence electrons. The Kier molecular flexibility index (Phi) is 22.7. The first kappa shape index (κ1) is 45.5. The molecule has 51 heavy (non-hydrogen) atoms. The van der Waals surface area contributed by atoms with Crippen molar-refractivity contribution in [1.82, 2.24) is 16.0 Å². The van der Waals surface area contributed by atoms with Crippen molar-refractivity contribution in [2.24, 2.45) is 11.3 Å². The van der Waals surface area contributed by atoms with E-state index in [9.17, 15) is 24.0 Å². The minimum Gasteiger partial charge on any atom is -0.458 e. The van der Waals surface area contributed by atoms with Gasteiger partial charge in [-0.25, -0.2) is 9.59 Å². The molecule has 0 unspecified atom stereocenters. The summed E-state index contributed by atoms with van der Waals surface area (Å²) < 4.78 is 11.1. The molecule has 0 aromatic rings. The molecule has 1 rings (SSSR count). The Hall–Kier alpha value is -3.51. The quantitative estimate of drug-likeness (QED) is 0.0259. The first-order valence-electron chi connectivity index (χ1n) is 17.5. The van der Waals surface area contributed by atoms with E-state index < -0.39 is 23.7 Å². The molecule has 0 radical (unpaired) electrons. The predicted molar refractivity (Wildman–Crippen MR) is 210 cm³/mol. The number of cyclic esters (lactones) is 1. The lowest BCUT2D eigenvalue weighted by molar-refractivity contribution is -0.147. The molecule has 0 saturated heterocycles. The SMILES string of the molecule is C/C=C\C[C@@H](C/C=C\CC(=O)[C@@H](NC(=O)\C=C/C=C\C(C)=C\[C@H](C)[C@@H]1CC=C(C)C(=O)O1)C(C)(C)C)OC(=O)NCCCNC(=O)CCSSC. The summed E-state index contributed by atoms with van der Waals surface area (Å²) in [6, 6.07) is -0.707. The van der Waals surface area contributed by atoms with Crippen LogP contribution in [0.15, 0.2) is 71.9 Å². The maximum atomic E-state index is 13.2. The highest BCUT2D eigenvalue weighted by atomic mass is 33.1. The van der Waals surface area contributed by atoms with Gasteiger partial charge in [0.1, 0.15) is 12.2 Å². The highest BCUT2D eigenvalue weighted by Crippen LogP contribution is 2.23. The Bertz CT molecular complexity index is 1330. The molecule has 0 spiro atoms. The molecule has 1 heterocycles. The van der Waals surface area contributed by atoms with E-state index in [-0.39, 0.29) is 42.0 Å². The first-order chi connectivity index (χ1) is 24.2. The number of carbonyl (C=O) groups is 5. The highest BCUT2D eigenvalue weighted by Gasteiger charge is 2.31. The molecule has 3 amide bonds. The minimum absolute atomic E-state index is 0.00248. The van der Waals surface area contributed by atoms with Crippen molar-refractivity contribution < 1.29 is 33.4 Å². The molecule has 0 fully saturated rings. The van der Waals surface area contributed by atoms with E-state index >= 15 is 0 Å². The first-order valence-corrected chi connectivity index (χ1v) is 20.3. The van der Waals surface area contributed by atoms with Crippen LogP contribution in [0.3, 0.4) is 0 Å². The second-order valence-corrected chi connectivity index (χ2v) is 16.1. The number of amides is 3. The van der Waals surface area contributed by atoms with Crippen LogP contribution >= 0.6 is 21.6 Å². The maximum Gasteiger partial charge on any atom is 0.407 e. The second kappa shape index (κ2) is 25.4. The minimum atomic E-state index is -0.707. The smallest absolute Gasteiger partial charge is 0.407 e. The lowest BCUT2D eigenvalue weighted by Crippen LogP contribution is -2.48. The van der Waals surface area contributed by atoms with E-state index in [0.29, 0.717) is 50.8 Å². The number of Topliss-reactive ketones (excluding diaryl/α,β-unsaturated/α-hetero) is 1. The monoisotopic (exact) mass is 745 g/mol. The van der Waals surface area contributed by atoms with Gasteiger partial charge in [0.2, 0.25) is 11.8 Å². The molecule has 0 aromatic carbocycles. The van der Waals surface area contributed by atoms with Crippen molar-refractivity contribution in [3.63, 3.8) is 0 Å². The summed E-state index contributed by atoms with van der Waals surface area (Å²) in [7, 11) is 3.27. The summed E-state index contributed by atoms with van der Waals surface area (Å²) in [5.74, 6) is 0.0180. The van der Waals surface area contributed by atoms with Gasteiger partial charge in [0.25, 0.3) is 0 Å². The molecule has 3 N–H and O–H groups in total. The molecule has 0 aliphatic carbocycles. The second-order valence-electron chi connectivity index (χ2n) is 13.4. The van der Waals surface area contributed by atoms with E-state index in [4.69, 9.17) is 9.47 Å². The predicted octanol–water partition coefficient (Wildman–Crippen LogP) is 7.35. The Morgan fingerprint density at radius 2 is 1.75 bits per heavy atom.